The summed E-state index contributed by atoms with van der Waals surface area (Å²) in [6, 6.07) is 7.52. The molecule has 2 rings (SSSR count). The van der Waals surface area contributed by atoms with Crippen LogP contribution in [0.4, 0.5) is 0 Å². The van der Waals surface area contributed by atoms with Crippen molar-refractivity contribution in [2.75, 3.05) is 13.2 Å². The van der Waals surface area contributed by atoms with Crippen molar-refractivity contribution in [2.24, 2.45) is 0 Å². The second-order valence-corrected chi connectivity index (χ2v) is 7.17. The number of nitrogens with zero attached hydrogens (tertiary/aromatic N) is 1. The van der Waals surface area contributed by atoms with E-state index in [0.717, 1.165) is 11.1 Å². The molecule has 1 aromatic rings. The van der Waals surface area contributed by atoms with Crippen LogP contribution in [0.5, 0.6) is 0 Å². The lowest BCUT2D eigenvalue weighted by Gasteiger charge is -2.35. The quantitative estimate of drug-likeness (QED) is 0.851. The van der Waals surface area contributed by atoms with Crippen LogP contribution in [0, 0.1) is 6.92 Å². The highest BCUT2D eigenvalue weighted by molar-refractivity contribution is 7.88. The van der Waals surface area contributed by atoms with Gasteiger partial charge in [0.05, 0.1) is 18.5 Å². The monoisotopic (exact) mass is 283 g/mol. The minimum Gasteiger partial charge on any atom is -0.375 e. The van der Waals surface area contributed by atoms with E-state index in [-0.39, 0.29) is 17.9 Å². The molecule has 1 saturated heterocycles. The predicted octanol–water partition coefficient (Wildman–Crippen LogP) is 1.93. The Morgan fingerprint density at radius 1 is 1.32 bits per heavy atom. The second kappa shape index (κ2) is 5.61. The first kappa shape index (κ1) is 14.5. The van der Waals surface area contributed by atoms with E-state index in [4.69, 9.17) is 4.74 Å². The first-order valence-corrected chi connectivity index (χ1v) is 8.16. The summed E-state index contributed by atoms with van der Waals surface area (Å²) in [5, 5.41) is 0. The number of morpholine rings is 1. The van der Waals surface area contributed by atoms with Crippen molar-refractivity contribution >= 4 is 10.0 Å². The summed E-state index contributed by atoms with van der Waals surface area (Å²) >= 11 is 0. The standard InChI is InChI=1S/C14H21NO3S/c1-11-6-4-5-7-14(11)10-19(16,17)15-8-13(3)18-9-12(15)2/h4-7,12-13H,8-10H2,1-3H3. The predicted molar refractivity (Wildman–Crippen MR) is 75.4 cm³/mol. The fraction of sp³-hybridized carbons (Fsp3) is 0.571. The Morgan fingerprint density at radius 3 is 2.68 bits per heavy atom. The van der Waals surface area contributed by atoms with Crippen LogP contribution in [0.1, 0.15) is 25.0 Å². The molecule has 1 aliphatic rings. The van der Waals surface area contributed by atoms with E-state index in [2.05, 4.69) is 0 Å². The summed E-state index contributed by atoms with van der Waals surface area (Å²) in [5.41, 5.74) is 1.88. The molecule has 106 valence electrons. The number of hydrogen-bond donors (Lipinski definition) is 0. The zero-order valence-corrected chi connectivity index (χ0v) is 12.5. The van der Waals surface area contributed by atoms with Gasteiger partial charge in [-0.05, 0) is 31.9 Å². The Kier molecular flexibility index (Phi) is 4.28. The first-order valence-electron chi connectivity index (χ1n) is 6.56. The van der Waals surface area contributed by atoms with Crippen LogP contribution in [-0.4, -0.2) is 38.0 Å². The van der Waals surface area contributed by atoms with Crippen LogP contribution in [0.15, 0.2) is 24.3 Å². The average molecular weight is 283 g/mol. The van der Waals surface area contributed by atoms with Crippen molar-refractivity contribution in [2.45, 2.75) is 38.7 Å². The Morgan fingerprint density at radius 2 is 2.00 bits per heavy atom. The van der Waals surface area contributed by atoms with Gasteiger partial charge in [-0.2, -0.15) is 4.31 Å². The van der Waals surface area contributed by atoms with Gasteiger partial charge in [0.2, 0.25) is 10.0 Å². The van der Waals surface area contributed by atoms with Crippen molar-refractivity contribution < 1.29 is 13.2 Å². The zero-order chi connectivity index (χ0) is 14.0. The van der Waals surface area contributed by atoms with Gasteiger partial charge in [0.25, 0.3) is 0 Å². The van der Waals surface area contributed by atoms with Crippen LogP contribution < -0.4 is 0 Å². The van der Waals surface area contributed by atoms with Gasteiger partial charge in [-0.3, -0.25) is 0 Å². The number of rotatable bonds is 3. The number of benzene rings is 1. The van der Waals surface area contributed by atoms with E-state index in [1.165, 1.54) is 0 Å². The molecular formula is C14H21NO3S. The molecule has 1 aliphatic heterocycles. The average Bonchev–Trinajstić information content (AvgIpc) is 2.35. The Hall–Kier alpha value is -0.910. The maximum atomic E-state index is 12.5. The normalized spacial score (nSPS) is 25.4. The van der Waals surface area contributed by atoms with Crippen molar-refractivity contribution in [1.82, 2.24) is 4.31 Å². The fourth-order valence-corrected chi connectivity index (χ4v) is 4.24. The number of ether oxygens (including phenoxy) is 1. The maximum Gasteiger partial charge on any atom is 0.218 e. The SMILES string of the molecule is Cc1ccccc1CS(=O)(=O)N1CC(C)OCC1C. The first-order chi connectivity index (χ1) is 8.90. The van der Waals surface area contributed by atoms with Crippen LogP contribution in [0.3, 0.4) is 0 Å². The highest BCUT2D eigenvalue weighted by Crippen LogP contribution is 2.20. The van der Waals surface area contributed by atoms with Crippen LogP contribution in [-0.2, 0) is 20.5 Å². The van der Waals surface area contributed by atoms with Crippen molar-refractivity contribution in [3.05, 3.63) is 35.4 Å². The Labute approximate surface area is 115 Å². The third-order valence-electron chi connectivity index (χ3n) is 3.51. The largest absolute Gasteiger partial charge is 0.375 e. The molecular weight excluding hydrogens is 262 g/mol. The van der Waals surface area contributed by atoms with Gasteiger partial charge < -0.3 is 4.74 Å². The molecule has 0 aliphatic carbocycles. The van der Waals surface area contributed by atoms with E-state index < -0.39 is 10.0 Å². The maximum absolute atomic E-state index is 12.5. The van der Waals surface area contributed by atoms with Crippen LogP contribution in [0.2, 0.25) is 0 Å². The van der Waals surface area contributed by atoms with Crippen molar-refractivity contribution in [3.8, 4) is 0 Å². The van der Waals surface area contributed by atoms with E-state index >= 15 is 0 Å². The number of sulfonamides is 1. The molecule has 2 atom stereocenters. The van der Waals surface area contributed by atoms with Crippen molar-refractivity contribution in [3.63, 3.8) is 0 Å². The van der Waals surface area contributed by atoms with E-state index in [0.29, 0.717) is 13.2 Å². The third-order valence-corrected chi connectivity index (χ3v) is 5.41. The molecule has 4 nitrogen and oxygen atoms in total. The van der Waals surface area contributed by atoms with Crippen LogP contribution in [0.25, 0.3) is 0 Å². The summed E-state index contributed by atoms with van der Waals surface area (Å²) in [7, 11) is -3.29. The van der Waals surface area contributed by atoms with Gasteiger partial charge in [0.15, 0.2) is 0 Å². The molecule has 1 fully saturated rings. The lowest BCUT2D eigenvalue weighted by Crippen LogP contribution is -2.50. The summed E-state index contributed by atoms with van der Waals surface area (Å²) in [5.74, 6) is 0.0662. The lowest BCUT2D eigenvalue weighted by atomic mass is 10.1. The molecule has 0 N–H and O–H groups in total. The van der Waals surface area contributed by atoms with Gasteiger partial charge in [-0.25, -0.2) is 8.42 Å². The van der Waals surface area contributed by atoms with E-state index in [1.54, 1.807) is 4.31 Å². The summed E-state index contributed by atoms with van der Waals surface area (Å²) < 4.78 is 32.1. The van der Waals surface area contributed by atoms with Gasteiger partial charge in [0.1, 0.15) is 0 Å². The molecule has 0 bridgehead atoms. The van der Waals surface area contributed by atoms with Gasteiger partial charge in [-0.15, -0.1) is 0 Å². The van der Waals surface area contributed by atoms with Crippen molar-refractivity contribution in [1.29, 1.82) is 0 Å². The molecule has 0 aromatic heterocycles. The highest BCUT2D eigenvalue weighted by Gasteiger charge is 2.33. The molecule has 0 saturated carbocycles. The second-order valence-electron chi connectivity index (χ2n) is 5.25. The highest BCUT2D eigenvalue weighted by atomic mass is 32.2. The number of aryl methyl sites for hydroxylation is 1. The molecule has 0 radical (unpaired) electrons. The third kappa shape index (κ3) is 3.35. The topological polar surface area (TPSA) is 46.6 Å². The summed E-state index contributed by atoms with van der Waals surface area (Å²) in [6.45, 7) is 6.64. The van der Waals surface area contributed by atoms with Crippen LogP contribution >= 0.6 is 0 Å². The molecule has 1 heterocycles. The molecule has 19 heavy (non-hydrogen) atoms. The summed E-state index contributed by atoms with van der Waals surface area (Å²) in [4.78, 5) is 0. The lowest BCUT2D eigenvalue weighted by molar-refractivity contribution is -0.0171. The molecule has 0 amide bonds. The number of hydrogen-bond acceptors (Lipinski definition) is 3. The molecule has 1 aromatic carbocycles. The smallest absolute Gasteiger partial charge is 0.218 e. The minimum atomic E-state index is -3.29. The molecule has 5 heteroatoms. The molecule has 2 unspecified atom stereocenters. The Balaban J connectivity index is 2.20. The Bertz CT molecular complexity index is 541. The van der Waals surface area contributed by atoms with E-state index in [1.807, 2.05) is 45.0 Å². The van der Waals surface area contributed by atoms with E-state index in [9.17, 15) is 8.42 Å². The molecule has 0 spiro atoms. The summed E-state index contributed by atoms with van der Waals surface area (Å²) in [6.07, 6.45) is -0.0390. The van der Waals surface area contributed by atoms with Gasteiger partial charge in [-0.1, -0.05) is 24.3 Å². The fourth-order valence-electron chi connectivity index (χ4n) is 2.31. The zero-order valence-electron chi connectivity index (χ0n) is 11.7. The van der Waals surface area contributed by atoms with Gasteiger partial charge in [0, 0.05) is 12.6 Å². The minimum absolute atomic E-state index is 0.0390. The van der Waals surface area contributed by atoms with Gasteiger partial charge >= 0.3 is 0 Å².